The van der Waals surface area contributed by atoms with E-state index in [-0.39, 0.29) is 17.4 Å². The van der Waals surface area contributed by atoms with Gasteiger partial charge in [0.2, 0.25) is 0 Å². The SMILES string of the molecule is O=C(c1ccc(F)cc1F)N1CCN([C@@H](c2ccccc2)c2ccc(F)cc2)CC1. The lowest BCUT2D eigenvalue weighted by Gasteiger charge is -2.39. The Labute approximate surface area is 173 Å². The van der Waals surface area contributed by atoms with E-state index in [2.05, 4.69) is 4.90 Å². The number of carbonyl (C=O) groups excluding carboxylic acids is 1. The van der Waals surface area contributed by atoms with Gasteiger partial charge in [0, 0.05) is 32.2 Å². The molecule has 1 heterocycles. The summed E-state index contributed by atoms with van der Waals surface area (Å²) in [5, 5.41) is 0. The van der Waals surface area contributed by atoms with Gasteiger partial charge in [0.05, 0.1) is 11.6 Å². The van der Waals surface area contributed by atoms with Crippen molar-refractivity contribution >= 4 is 5.91 Å². The van der Waals surface area contributed by atoms with Gasteiger partial charge in [-0.25, -0.2) is 13.2 Å². The lowest BCUT2D eigenvalue weighted by Crippen LogP contribution is -2.50. The zero-order valence-electron chi connectivity index (χ0n) is 16.3. The monoisotopic (exact) mass is 410 g/mol. The van der Waals surface area contributed by atoms with E-state index in [0.29, 0.717) is 26.2 Å². The fraction of sp³-hybridized carbons (Fsp3) is 0.208. The number of rotatable bonds is 4. The van der Waals surface area contributed by atoms with Crippen LogP contribution in [0.25, 0.3) is 0 Å². The van der Waals surface area contributed by atoms with E-state index in [1.54, 1.807) is 17.0 Å². The summed E-state index contributed by atoms with van der Waals surface area (Å²) in [6, 6.07) is 19.3. The van der Waals surface area contributed by atoms with Crippen LogP contribution >= 0.6 is 0 Å². The predicted octanol–water partition coefficient (Wildman–Crippen LogP) is 4.65. The Morgan fingerprint density at radius 3 is 1.97 bits per heavy atom. The average Bonchev–Trinajstić information content (AvgIpc) is 2.76. The van der Waals surface area contributed by atoms with Crippen LogP contribution < -0.4 is 0 Å². The van der Waals surface area contributed by atoms with Crippen LogP contribution in [0.4, 0.5) is 13.2 Å². The van der Waals surface area contributed by atoms with Crippen molar-refractivity contribution in [3.63, 3.8) is 0 Å². The number of hydrogen-bond acceptors (Lipinski definition) is 2. The molecule has 4 rings (SSSR count). The van der Waals surface area contributed by atoms with E-state index in [4.69, 9.17) is 0 Å². The molecule has 0 aliphatic carbocycles. The van der Waals surface area contributed by atoms with Gasteiger partial charge in [-0.15, -0.1) is 0 Å². The fourth-order valence-corrected chi connectivity index (χ4v) is 3.91. The van der Waals surface area contributed by atoms with Crippen molar-refractivity contribution in [3.05, 3.63) is 107 Å². The van der Waals surface area contributed by atoms with Gasteiger partial charge in [-0.2, -0.15) is 0 Å². The van der Waals surface area contributed by atoms with Crippen LogP contribution in [-0.2, 0) is 0 Å². The third kappa shape index (κ3) is 4.24. The normalized spacial score (nSPS) is 15.8. The van der Waals surface area contributed by atoms with Gasteiger partial charge in [0.1, 0.15) is 17.5 Å². The molecule has 0 N–H and O–H groups in total. The Kier molecular flexibility index (Phi) is 5.86. The van der Waals surface area contributed by atoms with Crippen molar-refractivity contribution in [1.29, 1.82) is 0 Å². The molecule has 1 aliphatic rings. The molecule has 30 heavy (non-hydrogen) atoms. The van der Waals surface area contributed by atoms with Crippen LogP contribution in [0.5, 0.6) is 0 Å². The molecule has 6 heteroatoms. The zero-order chi connectivity index (χ0) is 21.1. The van der Waals surface area contributed by atoms with Gasteiger partial charge < -0.3 is 4.90 Å². The Bertz CT molecular complexity index is 1020. The summed E-state index contributed by atoms with van der Waals surface area (Å²) in [7, 11) is 0. The van der Waals surface area contributed by atoms with Gasteiger partial charge in [0.25, 0.3) is 5.91 Å². The molecule has 0 saturated carbocycles. The molecule has 0 bridgehead atoms. The molecule has 1 fully saturated rings. The molecule has 0 unspecified atom stereocenters. The van der Waals surface area contributed by atoms with E-state index in [0.717, 1.165) is 23.3 Å². The molecule has 0 aromatic heterocycles. The minimum absolute atomic E-state index is 0.0772. The fourth-order valence-electron chi connectivity index (χ4n) is 3.91. The summed E-state index contributed by atoms with van der Waals surface area (Å²) in [5.74, 6) is -2.29. The molecular formula is C24H21F3N2O. The minimum atomic E-state index is -0.851. The summed E-state index contributed by atoms with van der Waals surface area (Å²) in [6.07, 6.45) is 0. The second kappa shape index (κ2) is 8.71. The summed E-state index contributed by atoms with van der Waals surface area (Å²) in [6.45, 7) is 1.98. The molecule has 0 spiro atoms. The Morgan fingerprint density at radius 1 is 0.733 bits per heavy atom. The maximum absolute atomic E-state index is 14.0. The second-order valence-corrected chi connectivity index (χ2v) is 7.32. The molecule has 1 aliphatic heterocycles. The smallest absolute Gasteiger partial charge is 0.256 e. The highest BCUT2D eigenvalue weighted by atomic mass is 19.1. The van der Waals surface area contributed by atoms with Crippen LogP contribution in [0, 0.1) is 17.5 Å². The number of hydrogen-bond donors (Lipinski definition) is 0. The van der Waals surface area contributed by atoms with Crippen molar-refractivity contribution < 1.29 is 18.0 Å². The van der Waals surface area contributed by atoms with Crippen LogP contribution in [-0.4, -0.2) is 41.9 Å². The van der Waals surface area contributed by atoms with E-state index in [9.17, 15) is 18.0 Å². The number of benzene rings is 3. The molecular weight excluding hydrogens is 389 g/mol. The summed E-state index contributed by atoms with van der Waals surface area (Å²) < 4.78 is 40.6. The minimum Gasteiger partial charge on any atom is -0.336 e. The molecule has 0 radical (unpaired) electrons. The summed E-state index contributed by atoms with van der Waals surface area (Å²) in [4.78, 5) is 16.5. The number of halogens is 3. The highest BCUT2D eigenvalue weighted by Gasteiger charge is 2.29. The van der Waals surface area contributed by atoms with Crippen molar-refractivity contribution in [2.75, 3.05) is 26.2 Å². The molecule has 1 amide bonds. The molecule has 1 atom stereocenters. The van der Waals surface area contributed by atoms with E-state index >= 15 is 0 Å². The van der Waals surface area contributed by atoms with Crippen molar-refractivity contribution in [2.24, 2.45) is 0 Å². The highest BCUT2D eigenvalue weighted by Crippen LogP contribution is 2.30. The van der Waals surface area contributed by atoms with Crippen LogP contribution in [0.15, 0.2) is 72.8 Å². The van der Waals surface area contributed by atoms with Gasteiger partial charge >= 0.3 is 0 Å². The Balaban J connectivity index is 1.53. The lowest BCUT2D eigenvalue weighted by molar-refractivity contribution is 0.0593. The topological polar surface area (TPSA) is 23.6 Å². The predicted molar refractivity (Wildman–Crippen MR) is 109 cm³/mol. The van der Waals surface area contributed by atoms with Crippen LogP contribution in [0.3, 0.4) is 0 Å². The average molecular weight is 410 g/mol. The van der Waals surface area contributed by atoms with E-state index in [1.807, 2.05) is 30.3 Å². The zero-order valence-corrected chi connectivity index (χ0v) is 16.3. The Morgan fingerprint density at radius 2 is 1.33 bits per heavy atom. The number of nitrogens with zero attached hydrogens (tertiary/aromatic N) is 2. The highest BCUT2D eigenvalue weighted by molar-refractivity contribution is 5.94. The van der Waals surface area contributed by atoms with Gasteiger partial charge in [-0.3, -0.25) is 9.69 Å². The standard InChI is InChI=1S/C24H21F3N2O/c25-19-8-6-18(7-9-19)23(17-4-2-1-3-5-17)28-12-14-29(15-13-28)24(30)21-11-10-20(26)16-22(21)27/h1-11,16,23H,12-15H2/t23-/m0/s1. The number of amides is 1. The molecule has 154 valence electrons. The second-order valence-electron chi connectivity index (χ2n) is 7.32. The number of piperazine rings is 1. The van der Waals surface area contributed by atoms with Gasteiger partial charge in [-0.1, -0.05) is 42.5 Å². The van der Waals surface area contributed by atoms with E-state index < -0.39 is 17.5 Å². The maximum atomic E-state index is 14.0. The molecule has 1 saturated heterocycles. The Hall–Kier alpha value is -3.12. The third-order valence-corrected chi connectivity index (χ3v) is 5.43. The first-order valence-corrected chi connectivity index (χ1v) is 9.82. The van der Waals surface area contributed by atoms with Crippen molar-refractivity contribution in [3.8, 4) is 0 Å². The van der Waals surface area contributed by atoms with Crippen LogP contribution in [0.2, 0.25) is 0 Å². The maximum Gasteiger partial charge on any atom is 0.256 e. The third-order valence-electron chi connectivity index (χ3n) is 5.43. The van der Waals surface area contributed by atoms with E-state index in [1.165, 1.54) is 18.2 Å². The quantitative estimate of drug-likeness (QED) is 0.625. The first-order valence-electron chi connectivity index (χ1n) is 9.82. The largest absolute Gasteiger partial charge is 0.336 e. The van der Waals surface area contributed by atoms with Crippen LogP contribution in [0.1, 0.15) is 27.5 Å². The van der Waals surface area contributed by atoms with Crippen molar-refractivity contribution in [1.82, 2.24) is 9.80 Å². The first-order chi connectivity index (χ1) is 14.5. The number of carbonyl (C=O) groups is 1. The first kappa shape index (κ1) is 20.2. The molecule has 3 nitrogen and oxygen atoms in total. The lowest BCUT2D eigenvalue weighted by atomic mass is 9.96. The van der Waals surface area contributed by atoms with Gasteiger partial charge in [-0.05, 0) is 35.4 Å². The molecule has 3 aromatic carbocycles. The van der Waals surface area contributed by atoms with Crippen molar-refractivity contribution in [2.45, 2.75) is 6.04 Å². The summed E-state index contributed by atoms with van der Waals surface area (Å²) in [5.41, 5.74) is 1.92. The van der Waals surface area contributed by atoms with Gasteiger partial charge in [0.15, 0.2) is 0 Å². The molecule has 3 aromatic rings. The summed E-state index contributed by atoms with van der Waals surface area (Å²) >= 11 is 0.